The summed E-state index contributed by atoms with van der Waals surface area (Å²) in [6.07, 6.45) is 3.07. The Bertz CT molecular complexity index is 1180. The molecule has 7 nitrogen and oxygen atoms in total. The van der Waals surface area contributed by atoms with Crippen molar-refractivity contribution in [2.45, 2.75) is 6.61 Å². The van der Waals surface area contributed by atoms with Crippen LogP contribution >= 0.6 is 35.4 Å². The number of rotatable bonds is 6. The van der Waals surface area contributed by atoms with Crippen molar-refractivity contribution < 1.29 is 13.6 Å². The summed E-state index contributed by atoms with van der Waals surface area (Å²) in [6, 6.07) is 12.2. The maximum Gasteiger partial charge on any atom is 0.219 e. The molecule has 4 rings (SSSR count). The Morgan fingerprint density at radius 3 is 2.93 bits per heavy atom. The topological polar surface area (TPSA) is 81.5 Å². The Balaban J connectivity index is 1.48. The Kier molecular flexibility index (Phi) is 5.34. The number of H-pyrrole nitrogens is 1. The number of halogens is 2. The second-order valence-corrected chi connectivity index (χ2v) is 6.70. The molecule has 0 fully saturated rings. The van der Waals surface area contributed by atoms with Crippen molar-refractivity contribution in [1.29, 1.82) is 0 Å². The summed E-state index contributed by atoms with van der Waals surface area (Å²) < 4.78 is 18.5. The SMILES string of the molecule is S=c1[nH]nc(-c2ccco2)n1/N=C/c1ccc(COc2cccc(Cl)c2Cl)o1. The van der Waals surface area contributed by atoms with Crippen LogP contribution in [0.15, 0.2) is 62.7 Å². The van der Waals surface area contributed by atoms with Crippen molar-refractivity contribution in [3.05, 3.63) is 75.1 Å². The van der Waals surface area contributed by atoms with Crippen LogP contribution in [0.3, 0.4) is 0 Å². The fourth-order valence-corrected chi connectivity index (χ4v) is 2.89. The van der Waals surface area contributed by atoms with Gasteiger partial charge in [-0.05, 0) is 48.6 Å². The van der Waals surface area contributed by atoms with Crippen LogP contribution < -0.4 is 4.74 Å². The fourth-order valence-electron chi connectivity index (χ4n) is 2.36. The molecule has 142 valence electrons. The van der Waals surface area contributed by atoms with Crippen LogP contribution in [-0.2, 0) is 6.61 Å². The van der Waals surface area contributed by atoms with Crippen molar-refractivity contribution in [2.24, 2.45) is 5.10 Å². The first-order valence-corrected chi connectivity index (χ1v) is 9.19. The van der Waals surface area contributed by atoms with E-state index in [1.54, 1.807) is 48.7 Å². The zero-order chi connectivity index (χ0) is 19.5. The van der Waals surface area contributed by atoms with Gasteiger partial charge in [0.05, 0.1) is 17.5 Å². The Morgan fingerprint density at radius 1 is 1.21 bits per heavy atom. The summed E-state index contributed by atoms with van der Waals surface area (Å²) in [5.41, 5.74) is 0. The molecule has 0 bridgehead atoms. The van der Waals surface area contributed by atoms with Gasteiger partial charge < -0.3 is 13.6 Å². The van der Waals surface area contributed by atoms with E-state index in [9.17, 15) is 0 Å². The van der Waals surface area contributed by atoms with Gasteiger partial charge in [-0.15, -0.1) is 5.10 Å². The van der Waals surface area contributed by atoms with E-state index in [1.807, 2.05) is 0 Å². The molecule has 3 aromatic heterocycles. The maximum atomic E-state index is 6.11. The van der Waals surface area contributed by atoms with Gasteiger partial charge in [-0.2, -0.15) is 9.78 Å². The van der Waals surface area contributed by atoms with Crippen molar-refractivity contribution in [3.8, 4) is 17.3 Å². The third-order valence-electron chi connectivity index (χ3n) is 3.66. The summed E-state index contributed by atoms with van der Waals surface area (Å²) in [4.78, 5) is 0. The Hall–Kier alpha value is -2.81. The lowest BCUT2D eigenvalue weighted by Gasteiger charge is -2.06. The molecule has 0 aliphatic rings. The number of nitrogens with one attached hydrogen (secondary N) is 1. The van der Waals surface area contributed by atoms with Gasteiger partial charge in [0.25, 0.3) is 0 Å². The lowest BCUT2D eigenvalue weighted by Crippen LogP contribution is -1.95. The first kappa shape index (κ1) is 18.5. The Morgan fingerprint density at radius 2 is 2.11 bits per heavy atom. The minimum Gasteiger partial charge on any atom is -0.484 e. The predicted octanol–water partition coefficient (Wildman–Crippen LogP) is 5.56. The van der Waals surface area contributed by atoms with Crippen molar-refractivity contribution in [3.63, 3.8) is 0 Å². The highest BCUT2D eigenvalue weighted by Crippen LogP contribution is 2.32. The van der Waals surface area contributed by atoms with E-state index in [0.29, 0.717) is 43.7 Å². The number of ether oxygens (including phenoxy) is 1. The molecule has 0 saturated heterocycles. The van der Waals surface area contributed by atoms with E-state index in [2.05, 4.69) is 15.3 Å². The van der Waals surface area contributed by atoms with Gasteiger partial charge in [0, 0.05) is 0 Å². The van der Waals surface area contributed by atoms with Crippen LogP contribution in [0.5, 0.6) is 5.75 Å². The predicted molar refractivity (Wildman–Crippen MR) is 108 cm³/mol. The number of hydrogen-bond acceptors (Lipinski definition) is 6. The monoisotopic (exact) mass is 434 g/mol. The van der Waals surface area contributed by atoms with Crippen molar-refractivity contribution >= 4 is 41.6 Å². The van der Waals surface area contributed by atoms with Crippen LogP contribution in [0.25, 0.3) is 11.6 Å². The zero-order valence-corrected chi connectivity index (χ0v) is 16.5. The van der Waals surface area contributed by atoms with Crippen LogP contribution in [0.2, 0.25) is 10.0 Å². The highest BCUT2D eigenvalue weighted by atomic mass is 35.5. The number of furan rings is 2. The van der Waals surface area contributed by atoms with Crippen LogP contribution in [-0.4, -0.2) is 21.1 Å². The van der Waals surface area contributed by atoms with E-state index < -0.39 is 0 Å². The van der Waals surface area contributed by atoms with Gasteiger partial charge in [0.15, 0.2) is 5.76 Å². The Labute approximate surface area is 174 Å². The van der Waals surface area contributed by atoms with E-state index in [4.69, 9.17) is 49.0 Å². The highest BCUT2D eigenvalue weighted by Gasteiger charge is 2.11. The second kappa shape index (κ2) is 8.05. The molecular formula is C18H12Cl2N4O3S. The van der Waals surface area contributed by atoms with Crippen LogP contribution in [0.4, 0.5) is 0 Å². The van der Waals surface area contributed by atoms with Gasteiger partial charge in [0.1, 0.15) is 28.9 Å². The molecule has 0 radical (unpaired) electrons. The average Bonchev–Trinajstić information content (AvgIpc) is 3.42. The van der Waals surface area contributed by atoms with Gasteiger partial charge in [0.2, 0.25) is 10.6 Å². The minimum atomic E-state index is 0.191. The molecular weight excluding hydrogens is 423 g/mol. The van der Waals surface area contributed by atoms with Crippen LogP contribution in [0, 0.1) is 4.77 Å². The molecule has 0 aliphatic carbocycles. The van der Waals surface area contributed by atoms with E-state index >= 15 is 0 Å². The smallest absolute Gasteiger partial charge is 0.219 e. The molecule has 10 heteroatoms. The lowest BCUT2D eigenvalue weighted by molar-refractivity contribution is 0.270. The van der Waals surface area contributed by atoms with Crippen molar-refractivity contribution in [2.75, 3.05) is 0 Å². The first-order chi connectivity index (χ1) is 13.6. The standard InChI is InChI=1S/C18H12Cl2N4O3S/c19-13-3-1-4-14(16(13)20)26-10-12-7-6-11(27-12)9-21-24-17(22-23-18(24)28)15-5-2-8-25-15/h1-9H,10H2,(H,23,28)/b21-9+. The molecule has 0 amide bonds. The van der Waals surface area contributed by atoms with Crippen LogP contribution in [0.1, 0.15) is 11.5 Å². The number of aromatic nitrogens is 3. The quantitative estimate of drug-likeness (QED) is 0.317. The maximum absolute atomic E-state index is 6.11. The molecule has 0 atom stereocenters. The number of hydrogen-bond donors (Lipinski definition) is 1. The van der Waals surface area contributed by atoms with Crippen molar-refractivity contribution in [1.82, 2.24) is 14.9 Å². The largest absolute Gasteiger partial charge is 0.484 e. The van der Waals surface area contributed by atoms with E-state index in [-0.39, 0.29) is 6.61 Å². The molecule has 1 N–H and O–H groups in total. The van der Waals surface area contributed by atoms with E-state index in [0.717, 1.165) is 0 Å². The van der Waals surface area contributed by atoms with Gasteiger partial charge >= 0.3 is 0 Å². The highest BCUT2D eigenvalue weighted by molar-refractivity contribution is 7.71. The summed E-state index contributed by atoms with van der Waals surface area (Å²) in [6.45, 7) is 0.191. The molecule has 0 unspecified atom stereocenters. The first-order valence-electron chi connectivity index (χ1n) is 8.03. The number of nitrogens with zero attached hydrogens (tertiary/aromatic N) is 3. The van der Waals surface area contributed by atoms with Gasteiger partial charge in [-0.25, -0.2) is 5.10 Å². The molecule has 28 heavy (non-hydrogen) atoms. The summed E-state index contributed by atoms with van der Waals surface area (Å²) in [7, 11) is 0. The number of benzene rings is 1. The summed E-state index contributed by atoms with van der Waals surface area (Å²) in [5, 5.41) is 11.9. The molecule has 3 heterocycles. The lowest BCUT2D eigenvalue weighted by atomic mass is 10.3. The summed E-state index contributed by atoms with van der Waals surface area (Å²) >= 11 is 17.3. The minimum absolute atomic E-state index is 0.191. The fraction of sp³-hybridized carbons (Fsp3) is 0.0556. The molecule has 4 aromatic rings. The summed E-state index contributed by atoms with van der Waals surface area (Å²) in [5.74, 6) is 2.59. The molecule has 0 aliphatic heterocycles. The average molecular weight is 435 g/mol. The molecule has 0 spiro atoms. The van der Waals surface area contributed by atoms with E-state index in [1.165, 1.54) is 10.9 Å². The molecule has 1 aromatic carbocycles. The number of aromatic amines is 1. The molecule has 0 saturated carbocycles. The van der Waals surface area contributed by atoms with Gasteiger partial charge in [-0.1, -0.05) is 29.3 Å². The normalized spacial score (nSPS) is 11.4. The third-order valence-corrected chi connectivity index (χ3v) is 4.73. The second-order valence-electron chi connectivity index (χ2n) is 5.53. The third kappa shape index (κ3) is 3.89. The zero-order valence-electron chi connectivity index (χ0n) is 14.1. The van der Waals surface area contributed by atoms with Gasteiger partial charge in [-0.3, -0.25) is 0 Å².